The van der Waals surface area contributed by atoms with Gasteiger partial charge in [-0.3, -0.25) is 0 Å². The number of aromatic nitrogens is 2. The van der Waals surface area contributed by atoms with Gasteiger partial charge in [0.05, 0.1) is 12.8 Å². The second kappa shape index (κ2) is 5.34. The molecule has 0 aliphatic heterocycles. The highest BCUT2D eigenvalue weighted by Crippen LogP contribution is 2.15. The van der Waals surface area contributed by atoms with Crippen LogP contribution in [0.4, 0.5) is 11.6 Å². The van der Waals surface area contributed by atoms with Gasteiger partial charge in [0.1, 0.15) is 23.7 Å². The van der Waals surface area contributed by atoms with Gasteiger partial charge in [-0.15, -0.1) is 0 Å². The van der Waals surface area contributed by atoms with Gasteiger partial charge in [0, 0.05) is 19.7 Å². The first-order valence-electron chi connectivity index (χ1n) is 5.59. The van der Waals surface area contributed by atoms with E-state index in [-0.39, 0.29) is 0 Å². The molecule has 2 heterocycles. The number of hydrogen-bond acceptors (Lipinski definition) is 5. The van der Waals surface area contributed by atoms with Crippen LogP contribution in [-0.2, 0) is 6.54 Å². The molecule has 0 saturated carbocycles. The fraction of sp³-hybridized carbons (Fsp3) is 0.333. The summed E-state index contributed by atoms with van der Waals surface area (Å²) in [6, 6.07) is 5.75. The Hall–Kier alpha value is -2.04. The third kappa shape index (κ3) is 2.96. The maximum atomic E-state index is 5.30. The third-order valence-electron chi connectivity index (χ3n) is 2.37. The highest BCUT2D eigenvalue weighted by atomic mass is 16.3. The van der Waals surface area contributed by atoms with E-state index in [1.807, 2.05) is 37.1 Å². The van der Waals surface area contributed by atoms with Crippen molar-refractivity contribution in [2.24, 2.45) is 0 Å². The molecule has 90 valence electrons. The van der Waals surface area contributed by atoms with Gasteiger partial charge in [0.2, 0.25) is 0 Å². The lowest BCUT2D eigenvalue weighted by Crippen LogP contribution is -2.17. The first-order valence-corrected chi connectivity index (χ1v) is 5.59. The Labute approximate surface area is 100 Å². The third-order valence-corrected chi connectivity index (χ3v) is 2.37. The normalized spacial score (nSPS) is 10.2. The van der Waals surface area contributed by atoms with E-state index in [4.69, 9.17) is 4.42 Å². The summed E-state index contributed by atoms with van der Waals surface area (Å²) in [5.41, 5.74) is 0. The molecule has 0 spiro atoms. The lowest BCUT2D eigenvalue weighted by Gasteiger charge is -2.17. The van der Waals surface area contributed by atoms with Crippen LogP contribution in [0.25, 0.3) is 0 Å². The van der Waals surface area contributed by atoms with E-state index < -0.39 is 0 Å². The summed E-state index contributed by atoms with van der Waals surface area (Å²) in [4.78, 5) is 10.4. The van der Waals surface area contributed by atoms with E-state index in [2.05, 4.69) is 15.3 Å². The largest absolute Gasteiger partial charge is 0.467 e. The van der Waals surface area contributed by atoms with Crippen LogP contribution < -0.4 is 10.2 Å². The van der Waals surface area contributed by atoms with Gasteiger partial charge in [-0.25, -0.2) is 9.97 Å². The van der Waals surface area contributed by atoms with E-state index in [1.54, 1.807) is 12.6 Å². The van der Waals surface area contributed by atoms with Crippen molar-refractivity contribution in [1.29, 1.82) is 0 Å². The molecular formula is C12H16N4O. The Morgan fingerprint density at radius 2 is 2.29 bits per heavy atom. The van der Waals surface area contributed by atoms with Gasteiger partial charge in [-0.1, -0.05) is 0 Å². The Kier molecular flexibility index (Phi) is 3.59. The molecule has 0 unspecified atom stereocenters. The minimum absolute atomic E-state index is 0.690. The molecule has 0 aliphatic rings. The van der Waals surface area contributed by atoms with Crippen molar-refractivity contribution in [2.45, 2.75) is 13.5 Å². The number of nitrogens with zero attached hydrogens (tertiary/aromatic N) is 3. The molecule has 0 atom stereocenters. The van der Waals surface area contributed by atoms with Gasteiger partial charge in [-0.2, -0.15) is 0 Å². The number of rotatable bonds is 5. The molecule has 0 saturated heterocycles. The van der Waals surface area contributed by atoms with Gasteiger partial charge >= 0.3 is 0 Å². The molecule has 5 nitrogen and oxygen atoms in total. The molecule has 17 heavy (non-hydrogen) atoms. The summed E-state index contributed by atoms with van der Waals surface area (Å²) in [6.45, 7) is 3.57. The number of anilines is 2. The number of furan rings is 1. The van der Waals surface area contributed by atoms with Crippen LogP contribution in [0.5, 0.6) is 0 Å². The molecule has 0 bridgehead atoms. The van der Waals surface area contributed by atoms with Crippen LogP contribution in [0.3, 0.4) is 0 Å². The topological polar surface area (TPSA) is 54.2 Å². The maximum absolute atomic E-state index is 5.30. The lowest BCUT2D eigenvalue weighted by molar-refractivity contribution is 0.507. The summed E-state index contributed by atoms with van der Waals surface area (Å²) in [7, 11) is 1.97. The summed E-state index contributed by atoms with van der Waals surface area (Å²) in [5.74, 6) is 2.62. The van der Waals surface area contributed by atoms with Crippen molar-refractivity contribution in [1.82, 2.24) is 9.97 Å². The van der Waals surface area contributed by atoms with Crippen molar-refractivity contribution < 1.29 is 4.42 Å². The predicted molar refractivity (Wildman–Crippen MR) is 67.0 cm³/mol. The standard InChI is InChI=1S/C12H16N4O/c1-3-13-11-7-12(15-9-14-11)16(2)8-10-5-4-6-17-10/h4-7,9H,3,8H2,1-2H3,(H,13,14,15). The van der Waals surface area contributed by atoms with Crippen LogP contribution in [0.1, 0.15) is 12.7 Å². The fourth-order valence-electron chi connectivity index (χ4n) is 1.55. The summed E-state index contributed by atoms with van der Waals surface area (Å²) in [5, 5.41) is 3.16. The zero-order valence-corrected chi connectivity index (χ0v) is 10.1. The van der Waals surface area contributed by atoms with E-state index in [0.717, 1.165) is 23.9 Å². The molecular weight excluding hydrogens is 216 g/mol. The molecule has 0 radical (unpaired) electrons. The van der Waals surface area contributed by atoms with Crippen molar-refractivity contribution in [3.8, 4) is 0 Å². The summed E-state index contributed by atoms with van der Waals surface area (Å²) < 4.78 is 5.30. The van der Waals surface area contributed by atoms with Gasteiger partial charge in [0.25, 0.3) is 0 Å². The maximum Gasteiger partial charge on any atom is 0.134 e. The SMILES string of the molecule is CCNc1cc(N(C)Cc2ccco2)ncn1. The van der Waals surface area contributed by atoms with Crippen molar-refractivity contribution >= 4 is 11.6 Å². The summed E-state index contributed by atoms with van der Waals surface area (Å²) in [6.07, 6.45) is 3.24. The summed E-state index contributed by atoms with van der Waals surface area (Å²) >= 11 is 0. The lowest BCUT2D eigenvalue weighted by atomic mass is 10.4. The predicted octanol–water partition coefficient (Wildman–Crippen LogP) is 2.14. The minimum Gasteiger partial charge on any atom is -0.467 e. The Morgan fingerprint density at radius 3 is 3.00 bits per heavy atom. The minimum atomic E-state index is 0.690. The first-order chi connectivity index (χ1) is 8.29. The quantitative estimate of drug-likeness (QED) is 0.856. The highest BCUT2D eigenvalue weighted by Gasteiger charge is 2.06. The average Bonchev–Trinajstić information content (AvgIpc) is 2.83. The Bertz CT molecular complexity index is 455. The van der Waals surface area contributed by atoms with Crippen LogP contribution in [0.15, 0.2) is 35.2 Å². The van der Waals surface area contributed by atoms with Crippen molar-refractivity contribution in [2.75, 3.05) is 23.8 Å². The first kappa shape index (κ1) is 11.4. The van der Waals surface area contributed by atoms with E-state index in [9.17, 15) is 0 Å². The van der Waals surface area contributed by atoms with E-state index >= 15 is 0 Å². The molecule has 1 N–H and O–H groups in total. The Balaban J connectivity index is 2.07. The second-order valence-electron chi connectivity index (χ2n) is 3.73. The van der Waals surface area contributed by atoms with Crippen molar-refractivity contribution in [3.63, 3.8) is 0 Å². The van der Waals surface area contributed by atoms with Gasteiger partial charge in [-0.05, 0) is 19.1 Å². The van der Waals surface area contributed by atoms with Gasteiger partial charge < -0.3 is 14.6 Å². The zero-order valence-electron chi connectivity index (χ0n) is 10.1. The zero-order chi connectivity index (χ0) is 12.1. The van der Waals surface area contributed by atoms with Gasteiger partial charge in [0.15, 0.2) is 0 Å². The van der Waals surface area contributed by atoms with Crippen LogP contribution in [-0.4, -0.2) is 23.6 Å². The average molecular weight is 232 g/mol. The molecule has 2 aromatic rings. The molecule has 0 aliphatic carbocycles. The van der Waals surface area contributed by atoms with Crippen LogP contribution >= 0.6 is 0 Å². The second-order valence-corrected chi connectivity index (χ2v) is 3.73. The Morgan fingerprint density at radius 1 is 1.41 bits per heavy atom. The van der Waals surface area contributed by atoms with Crippen LogP contribution in [0.2, 0.25) is 0 Å². The van der Waals surface area contributed by atoms with Crippen molar-refractivity contribution in [3.05, 3.63) is 36.5 Å². The van der Waals surface area contributed by atoms with Crippen LogP contribution in [0, 0.1) is 0 Å². The van der Waals surface area contributed by atoms with E-state index in [1.165, 1.54) is 0 Å². The monoisotopic (exact) mass is 232 g/mol. The molecule has 0 amide bonds. The fourth-order valence-corrected chi connectivity index (χ4v) is 1.55. The molecule has 5 heteroatoms. The molecule has 2 rings (SSSR count). The number of hydrogen-bond donors (Lipinski definition) is 1. The molecule has 0 aromatic carbocycles. The molecule has 0 fully saturated rings. The smallest absolute Gasteiger partial charge is 0.134 e. The van der Waals surface area contributed by atoms with E-state index in [0.29, 0.717) is 6.54 Å². The number of nitrogens with one attached hydrogen (secondary N) is 1. The molecule has 2 aromatic heterocycles. The highest BCUT2D eigenvalue weighted by molar-refractivity contribution is 5.47.